The van der Waals surface area contributed by atoms with Gasteiger partial charge in [-0.1, -0.05) is 0 Å². The minimum atomic E-state index is -5.26. The number of aromatic hydroxyl groups is 1. The Hall–Kier alpha value is -5.02. The summed E-state index contributed by atoms with van der Waals surface area (Å²) in [6, 6.07) is 8.16. The van der Waals surface area contributed by atoms with Crippen molar-refractivity contribution in [2.24, 2.45) is 15.3 Å². The molecule has 0 aliphatic heterocycles. The molecule has 0 saturated carbocycles. The van der Waals surface area contributed by atoms with Crippen LogP contribution in [0.25, 0.3) is 10.8 Å². The van der Waals surface area contributed by atoms with Gasteiger partial charge in [-0.3, -0.25) is 50.9 Å². The summed E-state index contributed by atoms with van der Waals surface area (Å²) in [5.74, 6) is -1.87. The third-order valence-electron chi connectivity index (χ3n) is 6.87. The van der Waals surface area contributed by atoms with Crippen LogP contribution in [0.4, 0.5) is 22.7 Å². The second kappa shape index (κ2) is 17.0. The molecule has 4 aromatic rings. The van der Waals surface area contributed by atoms with Gasteiger partial charge < -0.3 is 14.2 Å². The van der Waals surface area contributed by atoms with Crippen LogP contribution in [0.5, 0.6) is 5.75 Å². The van der Waals surface area contributed by atoms with Crippen molar-refractivity contribution in [3.63, 3.8) is 0 Å². The van der Waals surface area contributed by atoms with E-state index < -0.39 is 101 Å². The molecule has 26 heteroatoms. The van der Waals surface area contributed by atoms with E-state index in [1.807, 2.05) is 0 Å². The number of fused-ring (bicyclic) bond motifs is 1. The number of ketones is 1. The van der Waals surface area contributed by atoms with Crippen LogP contribution in [0, 0.1) is 20.2 Å². The van der Waals surface area contributed by atoms with Crippen LogP contribution < -0.4 is 97.0 Å². The number of carbonyl (C=O) groups excluding carboxylic acids is 1. The molecule has 22 nitrogen and oxygen atoms in total. The zero-order chi connectivity index (χ0) is 38.1. The SMILES string of the molecule is O=C1C=C([N+](=O)[O-])C=CC1=NN=c1c(=O)c(NNc2cc(S(=O)(=O)[O-])cc3cc(S(=O)(=O)[O-])cc(O)c23)cc(=NNc2ccc([N+](=O)[O-])cc2)c1=O.[Na+].[Na+]. The fourth-order valence-corrected chi connectivity index (χ4v) is 5.49. The maximum Gasteiger partial charge on any atom is 1.00 e. The molecule has 0 heterocycles. The summed E-state index contributed by atoms with van der Waals surface area (Å²) in [6.07, 6.45) is 2.43. The summed E-state index contributed by atoms with van der Waals surface area (Å²) < 4.78 is 70.4. The number of non-ortho nitro benzene ring substituents is 1. The van der Waals surface area contributed by atoms with Crippen LogP contribution in [0.15, 0.2) is 113 Å². The second-order valence-corrected chi connectivity index (χ2v) is 13.0. The van der Waals surface area contributed by atoms with Gasteiger partial charge in [0.15, 0.2) is 5.36 Å². The van der Waals surface area contributed by atoms with Crippen LogP contribution in [0.2, 0.25) is 0 Å². The number of nitrogens with zero attached hydrogens (tertiary/aromatic N) is 5. The van der Waals surface area contributed by atoms with Crippen LogP contribution in [0.3, 0.4) is 0 Å². The number of phenols is 1. The number of allylic oxidation sites excluding steroid dienone is 3. The fraction of sp³-hybridized carbons (Fsp3) is 0. The number of carbonyl (C=O) groups is 1. The van der Waals surface area contributed by atoms with Gasteiger partial charge in [-0.05, 0) is 53.9 Å². The van der Waals surface area contributed by atoms with E-state index in [0.29, 0.717) is 30.3 Å². The van der Waals surface area contributed by atoms with Crippen molar-refractivity contribution in [3.8, 4) is 5.75 Å². The van der Waals surface area contributed by atoms with Gasteiger partial charge in [-0.2, -0.15) is 5.10 Å². The van der Waals surface area contributed by atoms with Gasteiger partial charge in [0.05, 0.1) is 37.1 Å². The number of nitrogens with one attached hydrogen (secondary N) is 3. The van der Waals surface area contributed by atoms with Gasteiger partial charge in [0.1, 0.15) is 42.7 Å². The first-order valence-corrected chi connectivity index (χ1v) is 16.5. The molecule has 266 valence electrons. The average molecular weight is 799 g/mol. The smallest absolute Gasteiger partial charge is 0.744 e. The molecule has 54 heavy (non-hydrogen) atoms. The number of phenolic OH excluding ortho intramolecular Hbond substituents is 1. The molecule has 4 aromatic carbocycles. The number of anilines is 3. The van der Waals surface area contributed by atoms with Crippen molar-refractivity contribution in [2.45, 2.75) is 9.79 Å². The van der Waals surface area contributed by atoms with Gasteiger partial charge in [-0.15, -0.1) is 10.2 Å². The molecule has 1 aliphatic rings. The number of hydrazine groups is 1. The Morgan fingerprint density at radius 2 is 1.31 bits per heavy atom. The Kier molecular flexibility index (Phi) is 13.6. The quantitative estimate of drug-likeness (QED) is 0.0381. The maximum atomic E-state index is 13.5. The summed E-state index contributed by atoms with van der Waals surface area (Å²) in [5, 5.41) is 41.2. The molecule has 0 radical (unpaired) electrons. The molecule has 5 rings (SSSR count). The number of benzene rings is 4. The molecular weight excluding hydrogens is 782 g/mol. The topological polar surface area (TPSA) is 345 Å². The van der Waals surface area contributed by atoms with Crippen molar-refractivity contribution >= 4 is 65.3 Å². The van der Waals surface area contributed by atoms with Crippen LogP contribution in [0.1, 0.15) is 0 Å². The van der Waals surface area contributed by atoms with E-state index in [9.17, 15) is 65.7 Å². The zero-order valence-electron chi connectivity index (χ0n) is 27.2. The minimum absolute atomic E-state index is 0. The Bertz CT molecular complexity index is 2800. The van der Waals surface area contributed by atoms with Gasteiger partial charge >= 0.3 is 59.1 Å². The first kappa shape index (κ1) is 43.4. The first-order chi connectivity index (χ1) is 24.3. The molecule has 0 bridgehead atoms. The van der Waals surface area contributed by atoms with E-state index in [1.54, 1.807) is 0 Å². The predicted octanol–water partition coefficient (Wildman–Crippen LogP) is -6.21. The summed E-state index contributed by atoms with van der Waals surface area (Å²) in [6.45, 7) is 0. The number of nitro groups is 2. The van der Waals surface area contributed by atoms with Gasteiger partial charge in [0.25, 0.3) is 11.4 Å². The van der Waals surface area contributed by atoms with Crippen molar-refractivity contribution in [1.29, 1.82) is 0 Å². The van der Waals surface area contributed by atoms with Crippen molar-refractivity contribution in [2.75, 3.05) is 16.3 Å². The van der Waals surface area contributed by atoms with E-state index in [2.05, 4.69) is 31.6 Å². The van der Waals surface area contributed by atoms with E-state index in [-0.39, 0.29) is 75.9 Å². The van der Waals surface area contributed by atoms with Crippen molar-refractivity contribution < 1.29 is 105 Å². The number of hydrogen-bond donors (Lipinski definition) is 4. The third-order valence-corrected chi connectivity index (χ3v) is 8.49. The summed E-state index contributed by atoms with van der Waals surface area (Å²) >= 11 is 0. The number of hydrogen-bond acceptors (Lipinski definition) is 20. The van der Waals surface area contributed by atoms with Gasteiger partial charge in [0, 0.05) is 23.6 Å². The minimum Gasteiger partial charge on any atom is -0.744 e. The largest absolute Gasteiger partial charge is 1.00 e. The summed E-state index contributed by atoms with van der Waals surface area (Å²) in [4.78, 5) is 57.6. The van der Waals surface area contributed by atoms with E-state index in [0.717, 1.165) is 30.4 Å². The molecule has 0 atom stereocenters. The molecule has 0 aromatic heterocycles. The molecule has 0 fully saturated rings. The fourth-order valence-electron chi connectivity index (χ4n) is 4.43. The van der Waals surface area contributed by atoms with E-state index in [1.165, 1.54) is 12.1 Å². The maximum absolute atomic E-state index is 13.5. The average Bonchev–Trinajstić information content (AvgIpc) is 3.06. The third kappa shape index (κ3) is 9.74. The molecule has 4 N–H and O–H groups in total. The number of nitro benzene ring substituents is 1. The van der Waals surface area contributed by atoms with Crippen molar-refractivity contribution in [1.82, 2.24) is 0 Å². The first-order valence-electron chi connectivity index (χ1n) is 13.7. The second-order valence-electron chi connectivity index (χ2n) is 10.3. The predicted molar refractivity (Wildman–Crippen MR) is 175 cm³/mol. The molecule has 0 unspecified atom stereocenters. The van der Waals surface area contributed by atoms with Crippen LogP contribution in [-0.4, -0.2) is 52.4 Å². The van der Waals surface area contributed by atoms with Crippen LogP contribution in [-0.2, 0) is 25.0 Å². The molecule has 0 spiro atoms. The monoisotopic (exact) mass is 798 g/mol. The molecule has 0 saturated heterocycles. The normalized spacial score (nSPS) is 14.2. The summed E-state index contributed by atoms with van der Waals surface area (Å²) in [5.41, 5.74) is 2.45. The Morgan fingerprint density at radius 1 is 0.722 bits per heavy atom. The van der Waals surface area contributed by atoms with Gasteiger partial charge in [-0.25, -0.2) is 16.8 Å². The van der Waals surface area contributed by atoms with Crippen LogP contribution >= 0.6 is 0 Å². The molecular formula is C28H16N8Na2O14S2. The Balaban J connectivity index is 0.00000392. The standard InChI is InChI=1S/C28H18N8O14S2.2Na/c37-23-9-16(36(43)44)5-6-19(23)30-34-26-27(39)21(32-29-14-1-3-15(4-2-14)35(41)42)12-22(28(26)40)33-31-20-10-17(51(45,46)47)7-13-8-18(52(48,49)50)11-24(38)25(13)20;;/h1-12,29,31,33,38H,(H,45,46,47)(H,48,49,50);;/q;2*+1/p-2. The summed E-state index contributed by atoms with van der Waals surface area (Å²) in [7, 11) is -10.4. The molecule has 1 aliphatic carbocycles. The van der Waals surface area contributed by atoms with Gasteiger partial charge in [0.2, 0.25) is 16.6 Å². The zero-order valence-corrected chi connectivity index (χ0v) is 32.9. The van der Waals surface area contributed by atoms with Crippen molar-refractivity contribution in [3.05, 3.63) is 130 Å². The Morgan fingerprint density at radius 3 is 1.87 bits per heavy atom. The Labute approximate surface area is 344 Å². The number of rotatable bonds is 10. The van der Waals surface area contributed by atoms with E-state index >= 15 is 0 Å². The van der Waals surface area contributed by atoms with E-state index in [4.69, 9.17) is 0 Å². The molecule has 0 amide bonds.